The third-order valence-electron chi connectivity index (χ3n) is 2.71. The molecule has 0 aromatic carbocycles. The van der Waals surface area contributed by atoms with E-state index in [1.165, 1.54) is 0 Å². The van der Waals surface area contributed by atoms with Gasteiger partial charge in [0, 0.05) is 0 Å². The Hall–Kier alpha value is -0.430. The molecule has 1 aromatic rings. The number of morpholine rings is 2. The predicted octanol–water partition coefficient (Wildman–Crippen LogP) is 0.795. The molecule has 3 heterocycles. The zero-order chi connectivity index (χ0) is 10.3. The maximum absolute atomic E-state index is 6.00. The van der Waals surface area contributed by atoms with Crippen LogP contribution in [0, 0.1) is 0 Å². The molecule has 0 amide bonds. The molecule has 2 aliphatic heterocycles. The monoisotopic (exact) mass is 247 g/mol. The van der Waals surface area contributed by atoms with E-state index in [0.717, 1.165) is 17.5 Å². The standard InChI is InChI=1S/C8H10ClN3O2S/c9-7-8(11-15-10-7)12-5-1-13-3-6(12)4-14-2-5/h5-6H,1-4H2. The first kappa shape index (κ1) is 9.77. The maximum atomic E-state index is 6.00. The van der Waals surface area contributed by atoms with Gasteiger partial charge in [0.1, 0.15) is 0 Å². The van der Waals surface area contributed by atoms with Gasteiger partial charge in [0.05, 0.1) is 50.2 Å². The van der Waals surface area contributed by atoms with Crippen LogP contribution in [0.15, 0.2) is 0 Å². The molecule has 0 N–H and O–H groups in total. The van der Waals surface area contributed by atoms with Gasteiger partial charge in [-0.25, -0.2) is 0 Å². The summed E-state index contributed by atoms with van der Waals surface area (Å²) < 4.78 is 19.2. The Labute approximate surface area is 96.3 Å². The fourth-order valence-electron chi connectivity index (χ4n) is 2.07. The highest BCUT2D eigenvalue weighted by Crippen LogP contribution is 2.30. The van der Waals surface area contributed by atoms with E-state index >= 15 is 0 Å². The Bertz CT molecular complexity index is 339. The average Bonchev–Trinajstić information content (AvgIpc) is 2.63. The molecule has 3 rings (SSSR count). The lowest BCUT2D eigenvalue weighted by molar-refractivity contribution is -0.0349. The van der Waals surface area contributed by atoms with E-state index in [-0.39, 0.29) is 12.1 Å². The molecule has 0 aliphatic carbocycles. The molecule has 15 heavy (non-hydrogen) atoms. The number of hydrogen-bond donors (Lipinski definition) is 0. The normalized spacial score (nSPS) is 30.6. The van der Waals surface area contributed by atoms with Crippen molar-refractivity contribution in [1.29, 1.82) is 0 Å². The summed E-state index contributed by atoms with van der Waals surface area (Å²) in [6, 6.07) is 0.442. The molecule has 2 fully saturated rings. The van der Waals surface area contributed by atoms with Crippen LogP contribution in [0.4, 0.5) is 5.82 Å². The second-order valence-corrected chi connectivity index (χ2v) is 4.55. The van der Waals surface area contributed by atoms with E-state index in [9.17, 15) is 0 Å². The average molecular weight is 248 g/mol. The molecule has 0 saturated carbocycles. The summed E-state index contributed by atoms with van der Waals surface area (Å²) in [4.78, 5) is 2.19. The Kier molecular flexibility index (Phi) is 2.51. The molecule has 1 aromatic heterocycles. The van der Waals surface area contributed by atoms with Crippen LogP contribution in [0.2, 0.25) is 5.15 Å². The maximum Gasteiger partial charge on any atom is 0.187 e. The number of halogens is 1. The quantitative estimate of drug-likeness (QED) is 0.735. The number of rotatable bonds is 1. The SMILES string of the molecule is Clc1nsnc1N1C2COCC1COC2. The fraction of sp³-hybridized carbons (Fsp3) is 0.750. The van der Waals surface area contributed by atoms with Crippen molar-refractivity contribution in [3.8, 4) is 0 Å². The molecule has 0 radical (unpaired) electrons. The van der Waals surface area contributed by atoms with Gasteiger partial charge in [0.25, 0.3) is 0 Å². The number of aromatic nitrogens is 2. The summed E-state index contributed by atoms with van der Waals surface area (Å²) in [5.41, 5.74) is 0. The van der Waals surface area contributed by atoms with Crippen LogP contribution in [-0.4, -0.2) is 47.3 Å². The molecule has 0 spiro atoms. The van der Waals surface area contributed by atoms with Crippen LogP contribution in [0.5, 0.6) is 0 Å². The summed E-state index contributed by atoms with van der Waals surface area (Å²) in [6.45, 7) is 2.68. The largest absolute Gasteiger partial charge is 0.377 e. The number of hydrogen-bond acceptors (Lipinski definition) is 6. The molecule has 7 heteroatoms. The Morgan fingerprint density at radius 3 is 2.20 bits per heavy atom. The van der Waals surface area contributed by atoms with Crippen LogP contribution in [-0.2, 0) is 9.47 Å². The van der Waals surface area contributed by atoms with Crippen LogP contribution in [0.3, 0.4) is 0 Å². The molecule has 2 saturated heterocycles. The Morgan fingerprint density at radius 1 is 1.13 bits per heavy atom. The minimum Gasteiger partial charge on any atom is -0.377 e. The number of nitrogens with zero attached hydrogens (tertiary/aromatic N) is 3. The molecule has 0 unspecified atom stereocenters. The van der Waals surface area contributed by atoms with Crippen molar-refractivity contribution < 1.29 is 9.47 Å². The van der Waals surface area contributed by atoms with E-state index in [2.05, 4.69) is 13.6 Å². The summed E-state index contributed by atoms with van der Waals surface area (Å²) in [5, 5.41) is 0.485. The molecule has 0 atom stereocenters. The third-order valence-corrected chi connectivity index (χ3v) is 3.58. The van der Waals surface area contributed by atoms with Gasteiger partial charge < -0.3 is 14.4 Å². The van der Waals surface area contributed by atoms with Crippen molar-refractivity contribution in [2.24, 2.45) is 0 Å². The second kappa shape index (κ2) is 3.86. The third kappa shape index (κ3) is 1.61. The van der Waals surface area contributed by atoms with Gasteiger partial charge in [-0.05, 0) is 0 Å². The van der Waals surface area contributed by atoms with Gasteiger partial charge in [0.15, 0.2) is 11.0 Å². The summed E-state index contributed by atoms with van der Waals surface area (Å²) >= 11 is 7.14. The van der Waals surface area contributed by atoms with Gasteiger partial charge in [-0.15, -0.1) is 0 Å². The summed E-state index contributed by atoms with van der Waals surface area (Å²) in [5.74, 6) is 0.781. The highest BCUT2D eigenvalue weighted by atomic mass is 35.5. The zero-order valence-electron chi connectivity index (χ0n) is 7.93. The number of fused-ring (bicyclic) bond motifs is 2. The molecule has 82 valence electrons. The van der Waals surface area contributed by atoms with Crippen molar-refractivity contribution in [2.45, 2.75) is 12.1 Å². The van der Waals surface area contributed by atoms with Crippen LogP contribution < -0.4 is 4.90 Å². The highest BCUT2D eigenvalue weighted by molar-refractivity contribution is 6.99. The van der Waals surface area contributed by atoms with E-state index < -0.39 is 0 Å². The molecule has 5 nitrogen and oxygen atoms in total. The van der Waals surface area contributed by atoms with E-state index in [4.69, 9.17) is 21.1 Å². The number of anilines is 1. The van der Waals surface area contributed by atoms with Gasteiger partial charge in [-0.1, -0.05) is 11.6 Å². The fourth-order valence-corrected chi connectivity index (χ4v) is 2.80. The number of ether oxygens (including phenoxy) is 2. The Morgan fingerprint density at radius 2 is 1.73 bits per heavy atom. The van der Waals surface area contributed by atoms with Crippen LogP contribution >= 0.6 is 23.3 Å². The highest BCUT2D eigenvalue weighted by Gasteiger charge is 2.37. The van der Waals surface area contributed by atoms with E-state index in [0.29, 0.717) is 31.6 Å². The minimum atomic E-state index is 0.221. The molecule has 2 bridgehead atoms. The Balaban J connectivity index is 1.93. The lowest BCUT2D eigenvalue weighted by Gasteiger charge is -2.45. The lowest BCUT2D eigenvalue weighted by atomic mass is 10.1. The lowest BCUT2D eigenvalue weighted by Crippen LogP contribution is -2.60. The van der Waals surface area contributed by atoms with Crippen molar-refractivity contribution in [2.75, 3.05) is 31.3 Å². The van der Waals surface area contributed by atoms with Crippen molar-refractivity contribution in [3.05, 3.63) is 5.15 Å². The first-order chi connectivity index (χ1) is 7.36. The van der Waals surface area contributed by atoms with Crippen LogP contribution in [0.1, 0.15) is 0 Å². The van der Waals surface area contributed by atoms with Gasteiger partial charge in [-0.3, -0.25) is 0 Å². The van der Waals surface area contributed by atoms with Gasteiger partial charge in [-0.2, -0.15) is 8.75 Å². The summed E-state index contributed by atoms with van der Waals surface area (Å²) in [7, 11) is 0. The first-order valence-corrected chi connectivity index (χ1v) is 5.89. The molecular weight excluding hydrogens is 238 g/mol. The second-order valence-electron chi connectivity index (χ2n) is 3.67. The van der Waals surface area contributed by atoms with Crippen molar-refractivity contribution in [3.63, 3.8) is 0 Å². The van der Waals surface area contributed by atoms with Gasteiger partial charge >= 0.3 is 0 Å². The van der Waals surface area contributed by atoms with E-state index in [1.54, 1.807) is 0 Å². The van der Waals surface area contributed by atoms with Crippen LogP contribution in [0.25, 0.3) is 0 Å². The predicted molar refractivity (Wildman–Crippen MR) is 56.6 cm³/mol. The smallest absolute Gasteiger partial charge is 0.187 e. The topological polar surface area (TPSA) is 47.5 Å². The zero-order valence-corrected chi connectivity index (χ0v) is 9.50. The van der Waals surface area contributed by atoms with Gasteiger partial charge in [0.2, 0.25) is 0 Å². The van der Waals surface area contributed by atoms with E-state index in [1.807, 2.05) is 0 Å². The molecule has 2 aliphatic rings. The first-order valence-electron chi connectivity index (χ1n) is 4.78. The molecular formula is C8H10ClN3O2S. The summed E-state index contributed by atoms with van der Waals surface area (Å²) in [6.07, 6.45) is 0. The minimum absolute atomic E-state index is 0.221. The van der Waals surface area contributed by atoms with Crippen molar-refractivity contribution >= 4 is 29.1 Å². The van der Waals surface area contributed by atoms with Crippen molar-refractivity contribution in [1.82, 2.24) is 8.75 Å².